The number of carbonyl (C=O) groups is 2. The predicted molar refractivity (Wildman–Crippen MR) is 68.1 cm³/mol. The molecule has 1 aliphatic heterocycles. The van der Waals surface area contributed by atoms with Crippen molar-refractivity contribution in [3.8, 4) is 6.07 Å². The van der Waals surface area contributed by atoms with Gasteiger partial charge in [0.2, 0.25) is 5.91 Å². The van der Waals surface area contributed by atoms with Gasteiger partial charge in [0, 0.05) is 6.04 Å². The summed E-state index contributed by atoms with van der Waals surface area (Å²) in [5.41, 5.74) is 1.08. The van der Waals surface area contributed by atoms with Crippen LogP contribution in [0.2, 0.25) is 0 Å². The first-order valence-corrected chi connectivity index (χ1v) is 6.32. The minimum Gasteiger partial charge on any atom is -0.372 e. The van der Waals surface area contributed by atoms with Crippen molar-refractivity contribution in [1.29, 1.82) is 5.26 Å². The minimum atomic E-state index is -0.539. The molecule has 1 aromatic rings. The molecule has 0 aromatic heterocycles. The van der Waals surface area contributed by atoms with Gasteiger partial charge in [0.1, 0.15) is 12.1 Å². The Hall–Kier alpha value is -2.35. The number of rotatable bonds is 3. The van der Waals surface area contributed by atoms with E-state index < -0.39 is 6.04 Å². The predicted octanol–water partition coefficient (Wildman–Crippen LogP) is 1.26. The van der Waals surface area contributed by atoms with Crippen LogP contribution >= 0.6 is 0 Å². The van der Waals surface area contributed by atoms with Gasteiger partial charge in [0.05, 0.1) is 17.7 Å². The molecule has 19 heavy (non-hydrogen) atoms. The Balaban J connectivity index is 1.79. The summed E-state index contributed by atoms with van der Waals surface area (Å²) < 4.78 is 0. The molecule has 1 saturated carbocycles. The number of anilines is 1. The number of nitriles is 1. The normalized spacial score (nSPS) is 22.5. The van der Waals surface area contributed by atoms with Gasteiger partial charge in [-0.1, -0.05) is 12.1 Å². The number of amides is 2. The number of imide groups is 1. The summed E-state index contributed by atoms with van der Waals surface area (Å²) in [5.74, 6) is -0.278. The lowest BCUT2D eigenvalue weighted by Gasteiger charge is -2.15. The van der Waals surface area contributed by atoms with Gasteiger partial charge in [-0.3, -0.25) is 14.5 Å². The zero-order chi connectivity index (χ0) is 13.4. The number of benzene rings is 1. The largest absolute Gasteiger partial charge is 0.372 e. The molecule has 1 N–H and O–H groups in total. The summed E-state index contributed by atoms with van der Waals surface area (Å²) in [7, 11) is 0. The molecule has 5 nitrogen and oxygen atoms in total. The van der Waals surface area contributed by atoms with Gasteiger partial charge in [0.15, 0.2) is 0 Å². The summed E-state index contributed by atoms with van der Waals surface area (Å²) in [5, 5.41) is 12.0. The maximum Gasteiger partial charge on any atom is 0.252 e. The van der Waals surface area contributed by atoms with E-state index in [-0.39, 0.29) is 24.3 Å². The third kappa shape index (κ3) is 2.06. The highest BCUT2D eigenvalue weighted by Crippen LogP contribution is 2.32. The first-order valence-electron chi connectivity index (χ1n) is 6.32. The number of hydrogen-bond acceptors (Lipinski definition) is 4. The monoisotopic (exact) mass is 255 g/mol. The highest BCUT2D eigenvalue weighted by Gasteiger charge is 2.46. The molecular weight excluding hydrogens is 242 g/mol. The Labute approximate surface area is 110 Å². The van der Waals surface area contributed by atoms with Crippen molar-refractivity contribution in [1.82, 2.24) is 4.90 Å². The molecule has 1 unspecified atom stereocenters. The van der Waals surface area contributed by atoms with Crippen LogP contribution in [0.5, 0.6) is 0 Å². The molecule has 1 atom stereocenters. The molecule has 2 fully saturated rings. The summed E-state index contributed by atoms with van der Waals surface area (Å²) in [6, 6.07) is 8.63. The van der Waals surface area contributed by atoms with Gasteiger partial charge < -0.3 is 5.32 Å². The standard InChI is InChI=1S/C14H13N3O2/c15-8-9-3-1-2-4-11(9)16-12-7-13(18)17(14(12)19)10-5-6-10/h1-4,10,12,16H,5-7H2. The lowest BCUT2D eigenvalue weighted by molar-refractivity contribution is -0.139. The number of likely N-dealkylation sites (tertiary alicyclic amines) is 1. The van der Waals surface area contributed by atoms with Crippen LogP contribution in [0.4, 0.5) is 5.69 Å². The fourth-order valence-corrected chi connectivity index (χ4v) is 2.37. The minimum absolute atomic E-state index is 0.109. The smallest absolute Gasteiger partial charge is 0.252 e. The van der Waals surface area contributed by atoms with Crippen molar-refractivity contribution >= 4 is 17.5 Å². The van der Waals surface area contributed by atoms with Gasteiger partial charge >= 0.3 is 0 Å². The number of para-hydroxylation sites is 1. The Bertz CT molecular complexity index is 587. The van der Waals surface area contributed by atoms with E-state index in [2.05, 4.69) is 11.4 Å². The first-order chi connectivity index (χ1) is 9.20. The topological polar surface area (TPSA) is 73.2 Å². The second-order valence-electron chi connectivity index (χ2n) is 4.89. The van der Waals surface area contributed by atoms with Gasteiger partial charge in [0.25, 0.3) is 5.91 Å². The molecule has 0 bridgehead atoms. The average molecular weight is 255 g/mol. The Morgan fingerprint density at radius 3 is 2.68 bits per heavy atom. The molecule has 0 spiro atoms. The SMILES string of the molecule is N#Cc1ccccc1NC1CC(=O)N(C2CC2)C1=O. The molecule has 1 heterocycles. The highest BCUT2D eigenvalue weighted by molar-refractivity contribution is 6.07. The van der Waals surface area contributed by atoms with Crippen LogP contribution in [-0.4, -0.2) is 28.8 Å². The van der Waals surface area contributed by atoms with E-state index in [4.69, 9.17) is 5.26 Å². The Morgan fingerprint density at radius 2 is 2.00 bits per heavy atom. The van der Waals surface area contributed by atoms with Gasteiger partial charge in [-0.25, -0.2) is 0 Å². The van der Waals surface area contributed by atoms with Crippen molar-refractivity contribution in [2.45, 2.75) is 31.3 Å². The maximum absolute atomic E-state index is 12.2. The van der Waals surface area contributed by atoms with Crippen LogP contribution in [0.25, 0.3) is 0 Å². The van der Waals surface area contributed by atoms with Crippen molar-refractivity contribution in [2.75, 3.05) is 5.32 Å². The molecule has 1 aromatic carbocycles. The number of carbonyl (C=O) groups excluding carboxylic acids is 2. The van der Waals surface area contributed by atoms with Gasteiger partial charge in [-0.2, -0.15) is 5.26 Å². The molecular formula is C14H13N3O2. The molecule has 5 heteroatoms. The van der Waals surface area contributed by atoms with Crippen LogP contribution in [0.3, 0.4) is 0 Å². The number of nitrogens with one attached hydrogen (secondary N) is 1. The van der Waals surface area contributed by atoms with E-state index >= 15 is 0 Å². The number of nitrogens with zero attached hydrogens (tertiary/aromatic N) is 2. The lowest BCUT2D eigenvalue weighted by atomic mass is 10.1. The average Bonchev–Trinajstić information content (AvgIpc) is 3.19. The molecule has 0 radical (unpaired) electrons. The van der Waals surface area contributed by atoms with E-state index in [1.165, 1.54) is 4.90 Å². The van der Waals surface area contributed by atoms with Crippen LogP contribution in [0, 0.1) is 11.3 Å². The fraction of sp³-hybridized carbons (Fsp3) is 0.357. The Kier molecular flexibility index (Phi) is 2.71. The zero-order valence-electron chi connectivity index (χ0n) is 10.3. The fourth-order valence-electron chi connectivity index (χ4n) is 2.37. The van der Waals surface area contributed by atoms with E-state index in [1.54, 1.807) is 24.3 Å². The summed E-state index contributed by atoms with van der Waals surface area (Å²) >= 11 is 0. The molecule has 1 aliphatic carbocycles. The molecule has 3 rings (SSSR count). The molecule has 96 valence electrons. The lowest BCUT2D eigenvalue weighted by Crippen LogP contribution is -2.36. The molecule has 2 aliphatic rings. The van der Waals surface area contributed by atoms with E-state index in [0.29, 0.717) is 11.3 Å². The van der Waals surface area contributed by atoms with Crippen LogP contribution in [-0.2, 0) is 9.59 Å². The van der Waals surface area contributed by atoms with Crippen molar-refractivity contribution in [3.63, 3.8) is 0 Å². The van der Waals surface area contributed by atoms with Crippen molar-refractivity contribution in [2.24, 2.45) is 0 Å². The summed E-state index contributed by atoms with van der Waals surface area (Å²) in [4.78, 5) is 25.4. The zero-order valence-corrected chi connectivity index (χ0v) is 10.3. The van der Waals surface area contributed by atoms with Crippen molar-refractivity contribution in [3.05, 3.63) is 29.8 Å². The van der Waals surface area contributed by atoms with E-state index in [1.807, 2.05) is 0 Å². The first kappa shape index (κ1) is 11.7. The highest BCUT2D eigenvalue weighted by atomic mass is 16.2. The summed E-state index contributed by atoms with van der Waals surface area (Å²) in [6.45, 7) is 0. The third-order valence-electron chi connectivity index (χ3n) is 3.47. The van der Waals surface area contributed by atoms with Crippen molar-refractivity contribution < 1.29 is 9.59 Å². The van der Waals surface area contributed by atoms with Gasteiger partial charge in [-0.05, 0) is 25.0 Å². The third-order valence-corrected chi connectivity index (χ3v) is 3.47. The molecule has 1 saturated heterocycles. The Morgan fingerprint density at radius 1 is 1.26 bits per heavy atom. The quantitative estimate of drug-likeness (QED) is 0.825. The molecule has 2 amide bonds. The number of hydrogen-bond donors (Lipinski definition) is 1. The summed E-state index contributed by atoms with van der Waals surface area (Å²) in [6.07, 6.45) is 2.01. The second kappa shape index (κ2) is 4.39. The van der Waals surface area contributed by atoms with Crippen LogP contribution in [0.1, 0.15) is 24.8 Å². The maximum atomic E-state index is 12.2. The van der Waals surface area contributed by atoms with E-state index in [9.17, 15) is 9.59 Å². The van der Waals surface area contributed by atoms with Gasteiger partial charge in [-0.15, -0.1) is 0 Å². The van der Waals surface area contributed by atoms with E-state index in [0.717, 1.165) is 12.8 Å². The second-order valence-corrected chi connectivity index (χ2v) is 4.89. The van der Waals surface area contributed by atoms with Crippen LogP contribution in [0.15, 0.2) is 24.3 Å². The van der Waals surface area contributed by atoms with Crippen LogP contribution < -0.4 is 5.32 Å².